The first-order valence-corrected chi connectivity index (χ1v) is 6.17. The molecule has 0 amide bonds. The number of aromatic nitrogens is 1. The van der Waals surface area contributed by atoms with Crippen molar-refractivity contribution in [1.82, 2.24) is 4.98 Å². The molecule has 1 fully saturated rings. The molecule has 88 valence electrons. The van der Waals surface area contributed by atoms with Crippen molar-refractivity contribution in [2.75, 3.05) is 6.61 Å². The highest BCUT2D eigenvalue weighted by Crippen LogP contribution is 2.26. The highest BCUT2D eigenvalue weighted by Gasteiger charge is 2.17. The van der Waals surface area contributed by atoms with Crippen LogP contribution in [0.5, 0.6) is 5.88 Å². The van der Waals surface area contributed by atoms with Gasteiger partial charge in [0.15, 0.2) is 5.82 Å². The second-order valence-corrected chi connectivity index (χ2v) is 4.45. The molecule has 1 saturated carbocycles. The van der Waals surface area contributed by atoms with Gasteiger partial charge < -0.3 is 4.74 Å². The molecule has 0 aliphatic heterocycles. The second kappa shape index (κ2) is 5.48. The van der Waals surface area contributed by atoms with Gasteiger partial charge in [-0.1, -0.05) is 12.8 Å². The number of nitrogens with zero attached hydrogens (tertiary/aromatic N) is 1. The highest BCUT2D eigenvalue weighted by molar-refractivity contribution is 6.17. The third kappa shape index (κ3) is 2.64. The van der Waals surface area contributed by atoms with Gasteiger partial charge in [0.2, 0.25) is 0 Å². The Kier molecular flexibility index (Phi) is 3.99. The minimum absolute atomic E-state index is 0.0880. The molecule has 1 aliphatic rings. The summed E-state index contributed by atoms with van der Waals surface area (Å²) in [4.78, 5) is 3.89. The zero-order chi connectivity index (χ0) is 11.4. The Morgan fingerprint density at radius 2 is 2.19 bits per heavy atom. The monoisotopic (exact) mass is 243 g/mol. The summed E-state index contributed by atoms with van der Waals surface area (Å²) in [5, 5.41) is 0. The number of halogens is 2. The number of ether oxygens (including phenoxy) is 1. The van der Waals surface area contributed by atoms with Crippen LogP contribution in [-0.2, 0) is 5.88 Å². The number of alkyl halides is 1. The van der Waals surface area contributed by atoms with E-state index in [0.717, 1.165) is 0 Å². The lowest BCUT2D eigenvalue weighted by molar-refractivity contribution is 0.232. The molecule has 0 unspecified atom stereocenters. The summed E-state index contributed by atoms with van der Waals surface area (Å²) in [5.74, 6) is 0.370. The van der Waals surface area contributed by atoms with Crippen molar-refractivity contribution in [2.24, 2.45) is 5.92 Å². The van der Waals surface area contributed by atoms with Crippen LogP contribution in [0.15, 0.2) is 12.3 Å². The van der Waals surface area contributed by atoms with Crippen molar-refractivity contribution >= 4 is 11.6 Å². The summed E-state index contributed by atoms with van der Waals surface area (Å²) < 4.78 is 19.1. The molecule has 16 heavy (non-hydrogen) atoms. The zero-order valence-corrected chi connectivity index (χ0v) is 9.84. The van der Waals surface area contributed by atoms with Gasteiger partial charge in [0.1, 0.15) is 0 Å². The van der Waals surface area contributed by atoms with Crippen LogP contribution in [0.3, 0.4) is 0 Å². The standard InChI is InChI=1S/C12H15ClFNO/c13-7-10-5-6-15-12(11(10)14)16-8-9-3-1-2-4-9/h5-6,9H,1-4,7-8H2. The van der Waals surface area contributed by atoms with Crippen molar-refractivity contribution in [2.45, 2.75) is 31.6 Å². The number of hydrogen-bond acceptors (Lipinski definition) is 2. The average Bonchev–Trinajstić information content (AvgIpc) is 2.81. The third-order valence-electron chi connectivity index (χ3n) is 3.01. The van der Waals surface area contributed by atoms with Crippen molar-refractivity contribution in [3.05, 3.63) is 23.6 Å². The highest BCUT2D eigenvalue weighted by atomic mass is 35.5. The van der Waals surface area contributed by atoms with Crippen LogP contribution in [0, 0.1) is 11.7 Å². The first-order valence-electron chi connectivity index (χ1n) is 5.63. The van der Waals surface area contributed by atoms with Gasteiger partial charge in [-0.25, -0.2) is 9.37 Å². The fraction of sp³-hybridized carbons (Fsp3) is 0.583. The maximum absolute atomic E-state index is 13.7. The zero-order valence-electron chi connectivity index (χ0n) is 9.09. The molecule has 0 saturated heterocycles. The van der Waals surface area contributed by atoms with E-state index < -0.39 is 5.82 Å². The Hall–Kier alpha value is -0.830. The molecule has 0 atom stereocenters. The van der Waals surface area contributed by atoms with Gasteiger partial charge >= 0.3 is 0 Å². The SMILES string of the molecule is Fc1c(CCl)ccnc1OCC1CCCC1. The van der Waals surface area contributed by atoms with E-state index in [1.807, 2.05) is 0 Å². The van der Waals surface area contributed by atoms with Gasteiger partial charge in [-0.3, -0.25) is 0 Å². The summed E-state index contributed by atoms with van der Waals surface area (Å²) in [6.07, 6.45) is 6.40. The van der Waals surface area contributed by atoms with E-state index in [1.54, 1.807) is 6.07 Å². The molecule has 4 heteroatoms. The van der Waals surface area contributed by atoms with E-state index >= 15 is 0 Å². The fourth-order valence-electron chi connectivity index (χ4n) is 2.04. The van der Waals surface area contributed by atoms with Gasteiger partial charge in [-0.2, -0.15) is 0 Å². The lowest BCUT2D eigenvalue weighted by atomic mass is 10.1. The van der Waals surface area contributed by atoms with Gasteiger partial charge in [0.25, 0.3) is 5.88 Å². The van der Waals surface area contributed by atoms with Crippen LogP contribution in [0.4, 0.5) is 4.39 Å². The van der Waals surface area contributed by atoms with E-state index in [0.29, 0.717) is 18.1 Å². The molecule has 0 spiro atoms. The van der Waals surface area contributed by atoms with Crippen LogP contribution in [0.1, 0.15) is 31.2 Å². The summed E-state index contributed by atoms with van der Waals surface area (Å²) in [5.41, 5.74) is 0.443. The number of rotatable bonds is 4. The molecule has 0 N–H and O–H groups in total. The van der Waals surface area contributed by atoms with E-state index in [-0.39, 0.29) is 11.8 Å². The van der Waals surface area contributed by atoms with Crippen LogP contribution >= 0.6 is 11.6 Å². The smallest absolute Gasteiger partial charge is 0.250 e. The van der Waals surface area contributed by atoms with Gasteiger partial charge in [-0.05, 0) is 24.8 Å². The quantitative estimate of drug-likeness (QED) is 0.755. The summed E-state index contributed by atoms with van der Waals surface area (Å²) in [7, 11) is 0. The lowest BCUT2D eigenvalue weighted by Gasteiger charge is -2.11. The molecule has 2 rings (SSSR count). The van der Waals surface area contributed by atoms with Gasteiger partial charge in [0, 0.05) is 11.8 Å². The van der Waals surface area contributed by atoms with E-state index in [4.69, 9.17) is 16.3 Å². The Morgan fingerprint density at radius 1 is 1.44 bits per heavy atom. The molecular formula is C12H15ClFNO. The topological polar surface area (TPSA) is 22.1 Å². The summed E-state index contributed by atoms with van der Waals surface area (Å²) >= 11 is 5.61. The lowest BCUT2D eigenvalue weighted by Crippen LogP contribution is -2.10. The molecule has 0 aromatic carbocycles. The van der Waals surface area contributed by atoms with E-state index in [1.165, 1.54) is 31.9 Å². The largest absolute Gasteiger partial charge is 0.475 e. The fourth-order valence-corrected chi connectivity index (χ4v) is 2.25. The number of pyridine rings is 1. The Bertz CT molecular complexity index is 353. The van der Waals surface area contributed by atoms with Gasteiger partial charge in [-0.15, -0.1) is 11.6 Å². The predicted molar refractivity (Wildman–Crippen MR) is 61.2 cm³/mol. The molecular weight excluding hydrogens is 229 g/mol. The van der Waals surface area contributed by atoms with E-state index in [9.17, 15) is 4.39 Å². The average molecular weight is 244 g/mol. The first-order chi connectivity index (χ1) is 7.81. The maximum atomic E-state index is 13.7. The molecule has 1 aliphatic carbocycles. The van der Waals surface area contributed by atoms with Crippen molar-refractivity contribution in [3.63, 3.8) is 0 Å². The van der Waals surface area contributed by atoms with Gasteiger partial charge in [0.05, 0.1) is 12.5 Å². The molecule has 0 bridgehead atoms. The normalized spacial score (nSPS) is 16.6. The van der Waals surface area contributed by atoms with E-state index in [2.05, 4.69) is 4.98 Å². The van der Waals surface area contributed by atoms with Crippen LogP contribution in [0.25, 0.3) is 0 Å². The molecule has 1 aromatic rings. The third-order valence-corrected chi connectivity index (χ3v) is 3.30. The Labute approximate surface area is 99.8 Å². The van der Waals surface area contributed by atoms with Crippen LogP contribution < -0.4 is 4.74 Å². The van der Waals surface area contributed by atoms with Crippen molar-refractivity contribution in [3.8, 4) is 5.88 Å². The maximum Gasteiger partial charge on any atom is 0.250 e. The van der Waals surface area contributed by atoms with Crippen molar-refractivity contribution in [1.29, 1.82) is 0 Å². The number of hydrogen-bond donors (Lipinski definition) is 0. The molecule has 1 aromatic heterocycles. The molecule has 2 nitrogen and oxygen atoms in total. The first kappa shape index (κ1) is 11.6. The minimum Gasteiger partial charge on any atom is -0.475 e. The second-order valence-electron chi connectivity index (χ2n) is 4.18. The Balaban J connectivity index is 1.97. The Morgan fingerprint density at radius 3 is 2.88 bits per heavy atom. The summed E-state index contributed by atoms with van der Waals surface area (Å²) in [6.45, 7) is 0.565. The van der Waals surface area contributed by atoms with Crippen molar-refractivity contribution < 1.29 is 9.13 Å². The predicted octanol–water partition coefficient (Wildman–Crippen LogP) is 3.53. The minimum atomic E-state index is -0.421. The summed E-state index contributed by atoms with van der Waals surface area (Å²) in [6, 6.07) is 1.57. The van der Waals surface area contributed by atoms with Crippen LogP contribution in [-0.4, -0.2) is 11.6 Å². The molecule has 0 radical (unpaired) electrons. The van der Waals surface area contributed by atoms with Crippen LogP contribution in [0.2, 0.25) is 0 Å². The molecule has 1 heterocycles.